The van der Waals surface area contributed by atoms with Gasteiger partial charge in [-0.25, -0.2) is 0 Å². The van der Waals surface area contributed by atoms with E-state index in [2.05, 4.69) is 111 Å². The summed E-state index contributed by atoms with van der Waals surface area (Å²) in [6.45, 7) is 12.3. The summed E-state index contributed by atoms with van der Waals surface area (Å²) in [5.41, 5.74) is 7.82. The highest BCUT2D eigenvalue weighted by atomic mass is 14.0. The molecule has 0 nitrogen and oxygen atoms in total. The van der Waals surface area contributed by atoms with Crippen LogP contribution < -0.4 is 0 Å². The third-order valence-electron chi connectivity index (χ3n) is 4.36. The molecule has 4 rings (SSSR count). The van der Waals surface area contributed by atoms with E-state index in [0.717, 1.165) is 0 Å². The van der Waals surface area contributed by atoms with E-state index in [1.54, 1.807) is 0 Å². The number of rotatable bonds is 2. The smallest absolute Gasteiger partial charge is 0.0155 e. The summed E-state index contributed by atoms with van der Waals surface area (Å²) in [4.78, 5) is 0. The largest absolute Gasteiger partial charge is 0.0683 e. The van der Waals surface area contributed by atoms with Crippen LogP contribution in [0.1, 0.15) is 38.8 Å². The van der Waals surface area contributed by atoms with Crippen molar-refractivity contribution < 1.29 is 0 Å². The van der Waals surface area contributed by atoms with Gasteiger partial charge in [0.25, 0.3) is 0 Å². The van der Waals surface area contributed by atoms with Crippen LogP contribution in [0.4, 0.5) is 0 Å². The molecule has 4 aromatic rings. The average Bonchev–Trinajstić information content (AvgIpc) is 2.84. The van der Waals surface area contributed by atoms with Crippen LogP contribution in [0.2, 0.25) is 0 Å². The highest BCUT2D eigenvalue weighted by molar-refractivity contribution is 5.66. The molecular formula is C30H36. The van der Waals surface area contributed by atoms with Crippen molar-refractivity contribution in [2.24, 2.45) is 0 Å². The van der Waals surface area contributed by atoms with Crippen LogP contribution >= 0.6 is 0 Å². The van der Waals surface area contributed by atoms with Gasteiger partial charge in [-0.3, -0.25) is 0 Å². The summed E-state index contributed by atoms with van der Waals surface area (Å²) in [6, 6.07) is 37.9. The van der Waals surface area contributed by atoms with Crippen LogP contribution in [0.15, 0.2) is 109 Å². The van der Waals surface area contributed by atoms with Gasteiger partial charge in [0, 0.05) is 0 Å². The second-order valence-corrected chi connectivity index (χ2v) is 6.42. The van der Waals surface area contributed by atoms with Crippen LogP contribution in [0.25, 0.3) is 22.3 Å². The lowest BCUT2D eigenvalue weighted by Gasteiger charge is -2.04. The third kappa shape index (κ3) is 8.09. The topological polar surface area (TPSA) is 0 Å². The standard InChI is InChI=1S/2C13H12.2C2H6/c1-11-7-5-6-10-13(11)12-8-3-2-4-9-12;1-11-6-5-9-13(10-11)12-7-3-2-4-8-12;2*1-2/h2*2-10H,1H3;2*1-2H3. The van der Waals surface area contributed by atoms with Crippen molar-refractivity contribution in [3.05, 3.63) is 120 Å². The summed E-state index contributed by atoms with van der Waals surface area (Å²) < 4.78 is 0. The van der Waals surface area contributed by atoms with Gasteiger partial charge in [-0.1, -0.05) is 142 Å². The fourth-order valence-electron chi connectivity index (χ4n) is 2.97. The minimum atomic E-state index is 1.28. The highest BCUT2D eigenvalue weighted by Crippen LogP contribution is 2.22. The predicted octanol–water partition coefficient (Wildman–Crippen LogP) is 9.38. The molecule has 30 heavy (non-hydrogen) atoms. The van der Waals surface area contributed by atoms with Crippen LogP contribution in [0, 0.1) is 13.8 Å². The van der Waals surface area contributed by atoms with Crippen molar-refractivity contribution in [2.45, 2.75) is 41.5 Å². The van der Waals surface area contributed by atoms with Crippen molar-refractivity contribution in [1.82, 2.24) is 0 Å². The molecule has 0 fully saturated rings. The number of hydrogen-bond acceptors (Lipinski definition) is 0. The molecule has 0 aliphatic rings. The molecule has 0 aromatic heterocycles. The lowest BCUT2D eigenvalue weighted by atomic mass is 10.0. The number of benzene rings is 4. The van der Waals surface area contributed by atoms with Crippen LogP contribution in [0.3, 0.4) is 0 Å². The van der Waals surface area contributed by atoms with E-state index in [1.807, 2.05) is 39.8 Å². The molecule has 0 aliphatic heterocycles. The molecule has 0 saturated heterocycles. The van der Waals surface area contributed by atoms with Crippen LogP contribution in [-0.2, 0) is 0 Å². The Balaban J connectivity index is 0.000000258. The first-order valence-corrected chi connectivity index (χ1v) is 11.0. The minimum Gasteiger partial charge on any atom is -0.0683 e. The molecule has 0 atom stereocenters. The average molecular weight is 397 g/mol. The van der Waals surface area contributed by atoms with Gasteiger partial charge in [0.1, 0.15) is 0 Å². The van der Waals surface area contributed by atoms with Crippen LogP contribution in [0.5, 0.6) is 0 Å². The first-order valence-electron chi connectivity index (χ1n) is 11.0. The van der Waals surface area contributed by atoms with Gasteiger partial charge < -0.3 is 0 Å². The van der Waals surface area contributed by atoms with E-state index in [9.17, 15) is 0 Å². The molecule has 0 bridgehead atoms. The Morgan fingerprint density at radius 3 is 1.40 bits per heavy atom. The van der Waals surface area contributed by atoms with Crippen molar-refractivity contribution in [3.63, 3.8) is 0 Å². The SMILES string of the molecule is CC.CC.Cc1cccc(-c2ccccc2)c1.Cc1ccccc1-c1ccccc1. The fourth-order valence-corrected chi connectivity index (χ4v) is 2.97. The Labute approximate surface area is 184 Å². The molecule has 0 unspecified atom stereocenters. The van der Waals surface area contributed by atoms with Crippen molar-refractivity contribution in [1.29, 1.82) is 0 Å². The quantitative estimate of drug-likeness (QED) is 0.316. The van der Waals surface area contributed by atoms with Gasteiger partial charge in [-0.05, 0) is 41.7 Å². The van der Waals surface area contributed by atoms with Gasteiger partial charge in [0.05, 0.1) is 0 Å². The molecule has 0 radical (unpaired) electrons. The molecule has 0 aliphatic carbocycles. The fraction of sp³-hybridized carbons (Fsp3) is 0.200. The van der Waals surface area contributed by atoms with E-state index in [-0.39, 0.29) is 0 Å². The van der Waals surface area contributed by atoms with Crippen molar-refractivity contribution >= 4 is 0 Å². The van der Waals surface area contributed by atoms with E-state index in [1.165, 1.54) is 33.4 Å². The first kappa shape index (κ1) is 24.9. The minimum absolute atomic E-state index is 1.28. The molecule has 0 saturated carbocycles. The predicted molar refractivity (Wildman–Crippen MR) is 136 cm³/mol. The number of aryl methyl sites for hydroxylation is 2. The molecular weight excluding hydrogens is 360 g/mol. The molecule has 0 spiro atoms. The molecule has 0 heterocycles. The normalized spacial score (nSPS) is 9.00. The summed E-state index contributed by atoms with van der Waals surface area (Å²) in [5.74, 6) is 0. The summed E-state index contributed by atoms with van der Waals surface area (Å²) >= 11 is 0. The second-order valence-electron chi connectivity index (χ2n) is 6.42. The zero-order valence-corrected chi connectivity index (χ0v) is 19.4. The second kappa shape index (κ2) is 14.8. The molecule has 0 amide bonds. The maximum absolute atomic E-state index is 2.20. The Hall–Kier alpha value is -3.12. The highest BCUT2D eigenvalue weighted by Gasteiger charge is 1.98. The Morgan fingerprint density at radius 1 is 0.400 bits per heavy atom. The summed E-state index contributed by atoms with van der Waals surface area (Å²) in [6.07, 6.45) is 0. The van der Waals surface area contributed by atoms with Gasteiger partial charge >= 0.3 is 0 Å². The van der Waals surface area contributed by atoms with Crippen molar-refractivity contribution in [3.8, 4) is 22.3 Å². The third-order valence-corrected chi connectivity index (χ3v) is 4.36. The van der Waals surface area contributed by atoms with E-state index in [4.69, 9.17) is 0 Å². The maximum Gasteiger partial charge on any atom is -0.0155 e. The Morgan fingerprint density at radius 2 is 0.867 bits per heavy atom. The first-order chi connectivity index (χ1) is 14.7. The van der Waals surface area contributed by atoms with Gasteiger partial charge in [0.15, 0.2) is 0 Å². The molecule has 4 aromatic carbocycles. The Bertz CT molecular complexity index is 938. The molecule has 0 heteroatoms. The van der Waals surface area contributed by atoms with Gasteiger partial charge in [-0.2, -0.15) is 0 Å². The van der Waals surface area contributed by atoms with E-state index < -0.39 is 0 Å². The zero-order chi connectivity index (χ0) is 22.2. The Kier molecular flexibility index (Phi) is 12.3. The zero-order valence-electron chi connectivity index (χ0n) is 19.4. The molecule has 0 N–H and O–H groups in total. The summed E-state index contributed by atoms with van der Waals surface area (Å²) in [7, 11) is 0. The van der Waals surface area contributed by atoms with E-state index >= 15 is 0 Å². The lowest BCUT2D eigenvalue weighted by Crippen LogP contribution is -1.80. The summed E-state index contributed by atoms with van der Waals surface area (Å²) in [5, 5.41) is 0. The number of hydrogen-bond donors (Lipinski definition) is 0. The maximum atomic E-state index is 2.20. The monoisotopic (exact) mass is 396 g/mol. The van der Waals surface area contributed by atoms with E-state index in [0.29, 0.717) is 0 Å². The lowest BCUT2D eigenvalue weighted by molar-refractivity contribution is 1.46. The van der Waals surface area contributed by atoms with Gasteiger partial charge in [-0.15, -0.1) is 0 Å². The van der Waals surface area contributed by atoms with Gasteiger partial charge in [0.2, 0.25) is 0 Å². The van der Waals surface area contributed by atoms with Crippen molar-refractivity contribution in [2.75, 3.05) is 0 Å². The molecule has 156 valence electrons. The van der Waals surface area contributed by atoms with Crippen LogP contribution in [-0.4, -0.2) is 0 Å².